The van der Waals surface area contributed by atoms with Crippen molar-refractivity contribution >= 4 is 17.0 Å². The molecule has 44 valence electrons. The summed E-state index contributed by atoms with van der Waals surface area (Å²) in [4.78, 5) is 0. The Bertz CT molecular complexity index is 138. The molecule has 0 N–H and O–H groups in total. The average molecular weight is 175 g/mol. The molecule has 0 atom stereocenters. The van der Waals surface area contributed by atoms with Crippen LogP contribution in [-0.4, -0.2) is 0 Å². The molecule has 1 heterocycles. The number of nitrogens with zero attached hydrogens (tertiary/aromatic N) is 1. The van der Waals surface area contributed by atoms with Crippen molar-refractivity contribution in [3.63, 3.8) is 0 Å². The van der Waals surface area contributed by atoms with Crippen molar-refractivity contribution in [3.05, 3.63) is 30.6 Å². The average Bonchev–Trinajstić information content (AvgIpc) is 1.69. The fourth-order valence-corrected chi connectivity index (χ4v) is 0.485. The van der Waals surface area contributed by atoms with Gasteiger partial charge in [0.15, 0.2) is 12.4 Å². The third-order valence-electron chi connectivity index (χ3n) is 0.865. The van der Waals surface area contributed by atoms with Gasteiger partial charge in [0.1, 0.15) is 7.05 Å². The first-order valence-corrected chi connectivity index (χ1v) is 2.30. The van der Waals surface area contributed by atoms with Crippen LogP contribution in [0.2, 0.25) is 0 Å². The van der Waals surface area contributed by atoms with Crippen molar-refractivity contribution in [3.8, 4) is 0 Å². The zero-order chi connectivity index (χ0) is 5.11. The van der Waals surface area contributed by atoms with Crippen molar-refractivity contribution in [2.75, 3.05) is 0 Å². The van der Waals surface area contributed by atoms with Crippen molar-refractivity contribution in [2.45, 2.75) is 0 Å². The zero-order valence-corrected chi connectivity index (χ0v) is 6.46. The summed E-state index contributed by atoms with van der Waals surface area (Å²) in [6.07, 6.45) is 4.00. The van der Waals surface area contributed by atoms with E-state index in [1.165, 1.54) is 0 Å². The van der Waals surface area contributed by atoms with Crippen molar-refractivity contribution in [1.29, 1.82) is 0 Å². The van der Waals surface area contributed by atoms with Crippen LogP contribution in [-0.2, 0) is 7.05 Å². The van der Waals surface area contributed by atoms with E-state index in [1.807, 2.05) is 42.2 Å². The Balaban J connectivity index is 0.000000490. The predicted molar refractivity (Wildman–Crippen MR) is 37.9 cm³/mol. The maximum absolute atomic E-state index is 2.00. The molecule has 8 heavy (non-hydrogen) atoms. The number of aromatic nitrogens is 1. The molecule has 1 aromatic rings. The molecule has 0 aliphatic rings. The highest BCUT2D eigenvalue weighted by molar-refractivity contribution is 8.93. The lowest BCUT2D eigenvalue weighted by Gasteiger charge is -1.77. The first-order valence-electron chi connectivity index (χ1n) is 2.30. The molecule has 0 saturated heterocycles. The van der Waals surface area contributed by atoms with Crippen molar-refractivity contribution < 1.29 is 4.57 Å². The summed E-state index contributed by atoms with van der Waals surface area (Å²) in [7, 11) is 2.00. The van der Waals surface area contributed by atoms with Crippen LogP contribution in [0.1, 0.15) is 0 Å². The van der Waals surface area contributed by atoms with Gasteiger partial charge in [-0.05, 0) is 0 Å². The highest BCUT2D eigenvalue weighted by Crippen LogP contribution is 1.71. The fourth-order valence-electron chi connectivity index (χ4n) is 0.485. The minimum Gasteiger partial charge on any atom is -0.208 e. The third-order valence-corrected chi connectivity index (χ3v) is 0.865. The maximum Gasteiger partial charge on any atom is 0.168 e. The van der Waals surface area contributed by atoms with E-state index in [9.17, 15) is 0 Å². The van der Waals surface area contributed by atoms with Crippen LogP contribution in [0.15, 0.2) is 30.6 Å². The molecule has 0 fully saturated rings. The molecular formula is C6H9BrN+. The van der Waals surface area contributed by atoms with Gasteiger partial charge >= 0.3 is 0 Å². The Hall–Kier alpha value is -0.370. The highest BCUT2D eigenvalue weighted by atomic mass is 79.9. The van der Waals surface area contributed by atoms with Gasteiger partial charge in [-0.2, -0.15) is 0 Å². The van der Waals surface area contributed by atoms with Gasteiger partial charge in [-0.3, -0.25) is 0 Å². The molecule has 1 rings (SSSR count). The molecule has 0 aromatic carbocycles. The van der Waals surface area contributed by atoms with Crippen LogP contribution in [0.3, 0.4) is 0 Å². The van der Waals surface area contributed by atoms with E-state index in [0.717, 1.165) is 0 Å². The van der Waals surface area contributed by atoms with Crippen molar-refractivity contribution in [1.82, 2.24) is 0 Å². The number of rotatable bonds is 0. The van der Waals surface area contributed by atoms with E-state index in [1.54, 1.807) is 0 Å². The van der Waals surface area contributed by atoms with E-state index >= 15 is 0 Å². The van der Waals surface area contributed by atoms with Gasteiger partial charge in [0.05, 0.1) is 0 Å². The number of halogens is 1. The molecule has 1 nitrogen and oxygen atoms in total. The molecule has 0 saturated carbocycles. The minimum atomic E-state index is 0. The standard InChI is InChI=1S/C6H8N.BrH/c1-7-5-3-2-4-6-7;/h2-6H,1H3;1H/q+1;. The Morgan fingerprint density at radius 2 is 1.50 bits per heavy atom. The SMILES string of the molecule is Br.C[n+]1ccccc1. The lowest BCUT2D eigenvalue weighted by atomic mass is 10.5. The van der Waals surface area contributed by atoms with Crippen molar-refractivity contribution in [2.24, 2.45) is 7.05 Å². The van der Waals surface area contributed by atoms with Crippen LogP contribution in [0.25, 0.3) is 0 Å². The van der Waals surface area contributed by atoms with Gasteiger partial charge in [-0.15, -0.1) is 17.0 Å². The highest BCUT2D eigenvalue weighted by Gasteiger charge is 1.78. The topological polar surface area (TPSA) is 3.88 Å². The van der Waals surface area contributed by atoms with Gasteiger partial charge in [0.25, 0.3) is 0 Å². The lowest BCUT2D eigenvalue weighted by molar-refractivity contribution is -0.671. The second kappa shape index (κ2) is 3.61. The van der Waals surface area contributed by atoms with E-state index in [-0.39, 0.29) is 17.0 Å². The normalized spacial score (nSPS) is 7.62. The van der Waals surface area contributed by atoms with E-state index in [2.05, 4.69) is 0 Å². The first-order chi connectivity index (χ1) is 3.39. The second-order valence-electron chi connectivity index (χ2n) is 1.54. The minimum absolute atomic E-state index is 0. The second-order valence-corrected chi connectivity index (χ2v) is 1.54. The summed E-state index contributed by atoms with van der Waals surface area (Å²) in [5, 5.41) is 0. The number of hydrogen-bond donors (Lipinski definition) is 0. The number of hydrogen-bond acceptors (Lipinski definition) is 0. The maximum atomic E-state index is 2.00. The van der Waals surface area contributed by atoms with Gasteiger partial charge in [-0.1, -0.05) is 6.07 Å². The molecule has 0 amide bonds. The van der Waals surface area contributed by atoms with Crippen LogP contribution >= 0.6 is 17.0 Å². The zero-order valence-electron chi connectivity index (χ0n) is 4.74. The quantitative estimate of drug-likeness (QED) is 0.519. The fraction of sp³-hybridized carbons (Fsp3) is 0.167. The molecular weight excluding hydrogens is 166 g/mol. The smallest absolute Gasteiger partial charge is 0.168 e. The molecule has 0 unspecified atom stereocenters. The summed E-state index contributed by atoms with van der Waals surface area (Å²) in [5.74, 6) is 0. The molecule has 0 aliphatic heterocycles. The summed E-state index contributed by atoms with van der Waals surface area (Å²) in [5.41, 5.74) is 0. The molecule has 0 aliphatic carbocycles. The Morgan fingerprint density at radius 1 is 1.00 bits per heavy atom. The summed E-state index contributed by atoms with van der Waals surface area (Å²) < 4.78 is 2.00. The first kappa shape index (κ1) is 7.63. The Kier molecular flexibility index (Phi) is 3.44. The summed E-state index contributed by atoms with van der Waals surface area (Å²) >= 11 is 0. The lowest BCUT2D eigenvalue weighted by Crippen LogP contribution is -2.25. The molecule has 1 aromatic heterocycles. The monoisotopic (exact) mass is 174 g/mol. The van der Waals surface area contributed by atoms with E-state index < -0.39 is 0 Å². The van der Waals surface area contributed by atoms with E-state index in [0.29, 0.717) is 0 Å². The van der Waals surface area contributed by atoms with Gasteiger partial charge in [0.2, 0.25) is 0 Å². The van der Waals surface area contributed by atoms with E-state index in [4.69, 9.17) is 0 Å². The van der Waals surface area contributed by atoms with Gasteiger partial charge in [-0.25, -0.2) is 4.57 Å². The van der Waals surface area contributed by atoms with Crippen LogP contribution in [0.5, 0.6) is 0 Å². The Morgan fingerprint density at radius 3 is 1.75 bits per heavy atom. The van der Waals surface area contributed by atoms with Gasteiger partial charge in [0, 0.05) is 12.1 Å². The summed E-state index contributed by atoms with van der Waals surface area (Å²) in [6.45, 7) is 0. The molecule has 2 heteroatoms. The molecule has 0 spiro atoms. The Labute approximate surface area is 59.7 Å². The predicted octanol–water partition coefficient (Wildman–Crippen LogP) is 1.09. The largest absolute Gasteiger partial charge is 0.208 e. The van der Waals surface area contributed by atoms with Crippen LogP contribution in [0, 0.1) is 0 Å². The molecule has 0 bridgehead atoms. The third kappa shape index (κ3) is 2.07. The van der Waals surface area contributed by atoms with Gasteiger partial charge < -0.3 is 0 Å². The number of aryl methyl sites for hydroxylation is 1. The summed E-state index contributed by atoms with van der Waals surface area (Å²) in [6, 6.07) is 6.00. The molecule has 0 radical (unpaired) electrons. The number of pyridine rings is 1. The van der Waals surface area contributed by atoms with Crippen LogP contribution < -0.4 is 4.57 Å². The van der Waals surface area contributed by atoms with Crippen LogP contribution in [0.4, 0.5) is 0 Å².